The smallest absolute Gasteiger partial charge is 0.233 e. The van der Waals surface area contributed by atoms with Crippen LogP contribution >= 0.6 is 27.3 Å². The minimum Gasteiger partial charge on any atom is -0.489 e. The second kappa shape index (κ2) is 7.04. The lowest BCUT2D eigenvalue weighted by atomic mass is 10.1. The van der Waals surface area contributed by atoms with Crippen LogP contribution < -0.4 is 9.64 Å². The quantitative estimate of drug-likeness (QED) is 0.633. The van der Waals surface area contributed by atoms with Gasteiger partial charge in [-0.15, -0.1) is 10.2 Å². The van der Waals surface area contributed by atoms with E-state index in [0.717, 1.165) is 41.3 Å². The van der Waals surface area contributed by atoms with Gasteiger partial charge in [0.2, 0.25) is 16.8 Å². The van der Waals surface area contributed by atoms with Crippen molar-refractivity contribution in [3.05, 3.63) is 28.8 Å². The van der Waals surface area contributed by atoms with Gasteiger partial charge in [-0.25, -0.2) is 0 Å². The van der Waals surface area contributed by atoms with Crippen LogP contribution in [0, 0.1) is 6.92 Å². The maximum atomic E-state index is 6.07. The zero-order valence-electron chi connectivity index (χ0n) is 13.4. The number of piperidine rings is 1. The average Bonchev–Trinajstić information content (AvgIpc) is 3.27. The molecule has 4 heterocycles. The summed E-state index contributed by atoms with van der Waals surface area (Å²) in [5.74, 6) is 1.84. The minimum atomic E-state index is 0.183. The first-order valence-electron chi connectivity index (χ1n) is 7.84. The molecule has 0 spiro atoms. The van der Waals surface area contributed by atoms with Crippen LogP contribution in [0.2, 0.25) is 0 Å². The Balaban J connectivity index is 1.37. The molecule has 1 aliphatic heterocycles. The monoisotopic (exact) mass is 422 g/mol. The number of pyridine rings is 1. The fraction of sp³-hybridized carbons (Fsp3) is 0.400. The standard InChI is InChI=1S/C15H15BrN6O2S/c1-9-18-13(21-24-9)14-19-20-15(25-14)22-6-3-10(4-7-22)23-12-2-5-17-8-11(12)16/h2,5,8,10H,3-4,6-7H2,1H3. The van der Waals surface area contributed by atoms with Crippen molar-refractivity contribution in [2.45, 2.75) is 25.9 Å². The molecule has 1 fully saturated rings. The van der Waals surface area contributed by atoms with Crippen molar-refractivity contribution in [2.24, 2.45) is 0 Å². The molecule has 130 valence electrons. The van der Waals surface area contributed by atoms with E-state index in [4.69, 9.17) is 9.26 Å². The molecule has 1 aliphatic rings. The number of ether oxygens (including phenoxy) is 1. The fourth-order valence-electron chi connectivity index (χ4n) is 2.62. The van der Waals surface area contributed by atoms with Crippen LogP contribution in [0.1, 0.15) is 18.7 Å². The van der Waals surface area contributed by atoms with Gasteiger partial charge in [0.25, 0.3) is 0 Å². The molecule has 0 atom stereocenters. The number of hydrogen-bond acceptors (Lipinski definition) is 9. The van der Waals surface area contributed by atoms with E-state index in [-0.39, 0.29) is 6.10 Å². The summed E-state index contributed by atoms with van der Waals surface area (Å²) in [6, 6.07) is 1.88. The summed E-state index contributed by atoms with van der Waals surface area (Å²) in [7, 11) is 0. The normalized spacial score (nSPS) is 15.5. The Labute approximate surface area is 156 Å². The molecule has 0 bridgehead atoms. The summed E-state index contributed by atoms with van der Waals surface area (Å²) >= 11 is 4.94. The highest BCUT2D eigenvalue weighted by Gasteiger charge is 2.24. The Hall–Kier alpha value is -2.07. The first-order chi connectivity index (χ1) is 12.2. The van der Waals surface area contributed by atoms with Gasteiger partial charge in [-0.3, -0.25) is 4.98 Å². The van der Waals surface area contributed by atoms with Crippen molar-refractivity contribution in [1.82, 2.24) is 25.3 Å². The molecule has 0 aliphatic carbocycles. The predicted molar refractivity (Wildman–Crippen MR) is 95.7 cm³/mol. The molecule has 3 aromatic heterocycles. The van der Waals surface area contributed by atoms with Crippen molar-refractivity contribution < 1.29 is 9.26 Å². The zero-order valence-corrected chi connectivity index (χ0v) is 15.8. The molecular formula is C15H15BrN6O2S. The maximum Gasteiger partial charge on any atom is 0.233 e. The molecule has 8 nitrogen and oxygen atoms in total. The van der Waals surface area contributed by atoms with Gasteiger partial charge in [0.1, 0.15) is 11.9 Å². The fourth-order valence-corrected chi connectivity index (χ4v) is 3.79. The first kappa shape index (κ1) is 16.4. The van der Waals surface area contributed by atoms with Gasteiger partial charge in [-0.1, -0.05) is 16.5 Å². The van der Waals surface area contributed by atoms with Crippen LogP contribution in [0.25, 0.3) is 10.8 Å². The molecule has 0 N–H and O–H groups in total. The van der Waals surface area contributed by atoms with E-state index in [0.29, 0.717) is 16.7 Å². The van der Waals surface area contributed by atoms with Crippen LogP contribution in [0.15, 0.2) is 27.5 Å². The van der Waals surface area contributed by atoms with Crippen LogP contribution in [-0.2, 0) is 0 Å². The Kier molecular flexibility index (Phi) is 4.62. The lowest BCUT2D eigenvalue weighted by molar-refractivity contribution is 0.169. The third-order valence-electron chi connectivity index (χ3n) is 3.87. The molecule has 3 aromatic rings. The number of aryl methyl sites for hydroxylation is 1. The van der Waals surface area contributed by atoms with Crippen molar-refractivity contribution in [2.75, 3.05) is 18.0 Å². The van der Waals surface area contributed by atoms with E-state index < -0.39 is 0 Å². The summed E-state index contributed by atoms with van der Waals surface area (Å²) in [4.78, 5) is 10.5. The summed E-state index contributed by atoms with van der Waals surface area (Å²) in [5, 5.41) is 13.9. The van der Waals surface area contributed by atoms with E-state index in [1.807, 2.05) is 6.07 Å². The summed E-state index contributed by atoms with van der Waals surface area (Å²) < 4.78 is 11.9. The van der Waals surface area contributed by atoms with E-state index >= 15 is 0 Å². The van der Waals surface area contributed by atoms with Gasteiger partial charge in [0, 0.05) is 45.2 Å². The number of anilines is 1. The van der Waals surface area contributed by atoms with Gasteiger partial charge >= 0.3 is 0 Å². The van der Waals surface area contributed by atoms with Crippen molar-refractivity contribution in [3.8, 4) is 16.6 Å². The van der Waals surface area contributed by atoms with Gasteiger partial charge in [0.05, 0.1) is 4.47 Å². The minimum absolute atomic E-state index is 0.183. The Morgan fingerprint density at radius 2 is 2.16 bits per heavy atom. The van der Waals surface area contributed by atoms with E-state index in [1.54, 1.807) is 19.3 Å². The highest BCUT2D eigenvalue weighted by atomic mass is 79.9. The van der Waals surface area contributed by atoms with Gasteiger partial charge < -0.3 is 14.2 Å². The van der Waals surface area contributed by atoms with Gasteiger partial charge in [-0.2, -0.15) is 4.98 Å². The summed E-state index contributed by atoms with van der Waals surface area (Å²) in [6.45, 7) is 3.49. The van der Waals surface area contributed by atoms with Gasteiger partial charge in [0.15, 0.2) is 5.01 Å². The largest absolute Gasteiger partial charge is 0.489 e. The summed E-state index contributed by atoms with van der Waals surface area (Å²) in [5.41, 5.74) is 0. The number of aromatic nitrogens is 5. The third-order valence-corrected chi connectivity index (χ3v) is 5.45. The van der Waals surface area contributed by atoms with E-state index in [2.05, 4.69) is 46.2 Å². The van der Waals surface area contributed by atoms with Crippen LogP contribution in [-0.4, -0.2) is 44.5 Å². The maximum absolute atomic E-state index is 6.07. The molecule has 0 aromatic carbocycles. The van der Waals surface area contributed by atoms with E-state index in [1.165, 1.54) is 11.3 Å². The SMILES string of the molecule is Cc1nc(-c2nnc(N3CCC(Oc4ccncc4Br)CC3)s2)no1. The molecule has 25 heavy (non-hydrogen) atoms. The zero-order chi connectivity index (χ0) is 17.2. The predicted octanol–water partition coefficient (Wildman–Crippen LogP) is 3.10. The van der Waals surface area contributed by atoms with E-state index in [9.17, 15) is 0 Å². The Morgan fingerprint density at radius 1 is 1.32 bits per heavy atom. The molecule has 1 saturated heterocycles. The molecular weight excluding hydrogens is 408 g/mol. The second-order valence-electron chi connectivity index (χ2n) is 5.64. The number of nitrogens with zero attached hydrogens (tertiary/aromatic N) is 6. The number of rotatable bonds is 4. The van der Waals surface area contributed by atoms with Crippen LogP contribution in [0.5, 0.6) is 5.75 Å². The molecule has 0 radical (unpaired) electrons. The Morgan fingerprint density at radius 3 is 2.88 bits per heavy atom. The third kappa shape index (κ3) is 3.64. The van der Waals surface area contributed by atoms with Crippen molar-refractivity contribution in [1.29, 1.82) is 0 Å². The average molecular weight is 423 g/mol. The van der Waals surface area contributed by atoms with Crippen LogP contribution in [0.3, 0.4) is 0 Å². The lowest BCUT2D eigenvalue weighted by Gasteiger charge is -2.31. The summed E-state index contributed by atoms with van der Waals surface area (Å²) in [6.07, 6.45) is 5.50. The Bertz CT molecular complexity index is 861. The molecule has 4 rings (SSSR count). The second-order valence-corrected chi connectivity index (χ2v) is 7.45. The first-order valence-corrected chi connectivity index (χ1v) is 9.45. The number of hydrogen-bond donors (Lipinski definition) is 0. The lowest BCUT2D eigenvalue weighted by Crippen LogP contribution is -2.38. The molecule has 10 heteroatoms. The van der Waals surface area contributed by atoms with Gasteiger partial charge in [-0.05, 0) is 22.0 Å². The number of halogens is 1. The molecule has 0 unspecified atom stereocenters. The highest BCUT2D eigenvalue weighted by Crippen LogP contribution is 2.30. The van der Waals surface area contributed by atoms with Crippen LogP contribution in [0.4, 0.5) is 5.13 Å². The highest BCUT2D eigenvalue weighted by molar-refractivity contribution is 9.10. The van der Waals surface area contributed by atoms with Crippen molar-refractivity contribution >= 4 is 32.4 Å². The van der Waals surface area contributed by atoms with Crippen molar-refractivity contribution in [3.63, 3.8) is 0 Å². The topological polar surface area (TPSA) is 90.1 Å². The molecule has 0 amide bonds. The molecule has 0 saturated carbocycles.